The smallest absolute Gasteiger partial charge is 0.159 e. The molecule has 0 atom stereocenters. The molecule has 2 aromatic rings. The molecule has 5 heteroatoms. The van der Waals surface area contributed by atoms with Crippen LogP contribution in [0.3, 0.4) is 0 Å². The maximum absolute atomic E-state index is 13.4. The van der Waals surface area contributed by atoms with E-state index < -0.39 is 17.5 Å². The number of benzene rings is 2. The molecule has 0 aliphatic heterocycles. The van der Waals surface area contributed by atoms with Crippen LogP contribution in [0.15, 0.2) is 36.4 Å². The zero-order chi connectivity index (χ0) is 14.0. The van der Waals surface area contributed by atoms with Gasteiger partial charge in [0.1, 0.15) is 23.1 Å². The van der Waals surface area contributed by atoms with Gasteiger partial charge in [-0.15, -0.1) is 0 Å². The Hall–Kier alpha value is -2.30. The molecular weight excluding hydrogens is 255 g/mol. The molecule has 2 rings (SSSR count). The van der Waals surface area contributed by atoms with Crippen LogP contribution in [0.25, 0.3) is 0 Å². The molecular formula is C14H10F3NO. The minimum Gasteiger partial charge on any atom is -0.351 e. The van der Waals surface area contributed by atoms with Crippen molar-refractivity contribution in [2.75, 3.05) is 5.32 Å². The number of anilines is 2. The van der Waals surface area contributed by atoms with Gasteiger partial charge < -0.3 is 5.32 Å². The van der Waals surface area contributed by atoms with E-state index in [0.29, 0.717) is 0 Å². The Labute approximate surface area is 107 Å². The molecule has 0 aliphatic carbocycles. The van der Waals surface area contributed by atoms with Gasteiger partial charge in [0.25, 0.3) is 0 Å². The van der Waals surface area contributed by atoms with Crippen molar-refractivity contribution in [1.82, 2.24) is 0 Å². The standard InChI is InChI=1S/C14H10F3NO/c1-8(19)9-5-10(15)7-11(6-9)18-14-12(16)3-2-4-13(14)17/h2-7,18H,1H3. The number of Topliss-reactive ketones (excluding diaryl/α,β-unsaturated/α-hetero) is 1. The maximum atomic E-state index is 13.4. The van der Waals surface area contributed by atoms with E-state index in [9.17, 15) is 18.0 Å². The second kappa shape index (κ2) is 5.14. The highest BCUT2D eigenvalue weighted by molar-refractivity contribution is 5.95. The van der Waals surface area contributed by atoms with Crippen LogP contribution in [-0.2, 0) is 0 Å². The average Bonchev–Trinajstić information content (AvgIpc) is 2.33. The van der Waals surface area contributed by atoms with Gasteiger partial charge >= 0.3 is 0 Å². The molecule has 0 unspecified atom stereocenters. The Bertz CT molecular complexity index is 620. The molecule has 0 bridgehead atoms. The normalized spacial score (nSPS) is 10.3. The van der Waals surface area contributed by atoms with E-state index in [1.807, 2.05) is 0 Å². The number of hydrogen-bond acceptors (Lipinski definition) is 2. The Morgan fingerprint density at radius 1 is 1.05 bits per heavy atom. The monoisotopic (exact) mass is 265 g/mol. The van der Waals surface area contributed by atoms with Gasteiger partial charge in [0.15, 0.2) is 5.78 Å². The highest BCUT2D eigenvalue weighted by Gasteiger charge is 2.10. The molecule has 19 heavy (non-hydrogen) atoms. The first-order valence-electron chi connectivity index (χ1n) is 5.50. The first-order valence-corrected chi connectivity index (χ1v) is 5.50. The molecule has 2 nitrogen and oxygen atoms in total. The summed E-state index contributed by atoms with van der Waals surface area (Å²) in [4.78, 5) is 11.2. The van der Waals surface area contributed by atoms with Crippen molar-refractivity contribution in [3.8, 4) is 0 Å². The van der Waals surface area contributed by atoms with Crippen LogP contribution in [0.1, 0.15) is 17.3 Å². The van der Waals surface area contributed by atoms with Crippen molar-refractivity contribution in [3.63, 3.8) is 0 Å². The minimum atomic E-state index is -0.798. The van der Waals surface area contributed by atoms with E-state index in [1.54, 1.807) is 0 Å². The molecule has 0 fully saturated rings. The van der Waals surface area contributed by atoms with Crippen LogP contribution in [0.4, 0.5) is 24.5 Å². The van der Waals surface area contributed by atoms with Crippen LogP contribution in [-0.4, -0.2) is 5.78 Å². The van der Waals surface area contributed by atoms with Crippen molar-refractivity contribution in [2.45, 2.75) is 6.92 Å². The molecule has 0 spiro atoms. The lowest BCUT2D eigenvalue weighted by atomic mass is 10.1. The molecule has 0 radical (unpaired) electrons. The predicted molar refractivity (Wildman–Crippen MR) is 66.0 cm³/mol. The number of halogens is 3. The van der Waals surface area contributed by atoms with Crippen molar-refractivity contribution in [1.29, 1.82) is 0 Å². The van der Waals surface area contributed by atoms with Crippen molar-refractivity contribution < 1.29 is 18.0 Å². The number of nitrogens with one attached hydrogen (secondary N) is 1. The van der Waals surface area contributed by atoms with E-state index >= 15 is 0 Å². The van der Waals surface area contributed by atoms with Crippen LogP contribution in [0.2, 0.25) is 0 Å². The van der Waals surface area contributed by atoms with Crippen LogP contribution in [0.5, 0.6) is 0 Å². The molecule has 0 aliphatic rings. The third-order valence-electron chi connectivity index (χ3n) is 2.54. The first-order chi connectivity index (χ1) is 8.97. The molecule has 98 valence electrons. The Balaban J connectivity index is 2.41. The van der Waals surface area contributed by atoms with E-state index in [2.05, 4.69) is 5.32 Å². The highest BCUT2D eigenvalue weighted by atomic mass is 19.1. The summed E-state index contributed by atoms with van der Waals surface area (Å²) in [7, 11) is 0. The quantitative estimate of drug-likeness (QED) is 0.848. The Morgan fingerprint density at radius 3 is 2.26 bits per heavy atom. The van der Waals surface area contributed by atoms with Gasteiger partial charge in [-0.1, -0.05) is 6.07 Å². The van der Waals surface area contributed by atoms with Crippen molar-refractivity contribution in [2.24, 2.45) is 0 Å². The van der Waals surface area contributed by atoms with Crippen LogP contribution in [0, 0.1) is 17.5 Å². The second-order valence-corrected chi connectivity index (χ2v) is 4.01. The zero-order valence-corrected chi connectivity index (χ0v) is 10.0. The molecule has 1 N–H and O–H groups in total. The van der Waals surface area contributed by atoms with Crippen LogP contribution < -0.4 is 5.32 Å². The lowest BCUT2D eigenvalue weighted by molar-refractivity contribution is 0.101. The Morgan fingerprint density at radius 2 is 1.68 bits per heavy atom. The molecule has 0 heterocycles. The maximum Gasteiger partial charge on any atom is 0.159 e. The molecule has 0 saturated carbocycles. The van der Waals surface area contributed by atoms with E-state index in [1.165, 1.54) is 19.1 Å². The zero-order valence-electron chi connectivity index (χ0n) is 10.0. The lowest BCUT2D eigenvalue weighted by Crippen LogP contribution is -2.00. The number of carbonyl (C=O) groups excluding carboxylic acids is 1. The first kappa shape index (κ1) is 13.1. The van der Waals surface area contributed by atoms with Gasteiger partial charge in [0, 0.05) is 11.3 Å². The Kier molecular flexibility index (Phi) is 3.55. The van der Waals surface area contributed by atoms with Crippen molar-refractivity contribution in [3.05, 3.63) is 59.4 Å². The highest BCUT2D eigenvalue weighted by Crippen LogP contribution is 2.24. The fourth-order valence-corrected chi connectivity index (χ4v) is 1.63. The lowest BCUT2D eigenvalue weighted by Gasteiger charge is -2.09. The average molecular weight is 265 g/mol. The molecule has 0 amide bonds. The molecule has 0 aromatic heterocycles. The summed E-state index contributed by atoms with van der Waals surface area (Å²) in [5, 5.41) is 2.43. The number of hydrogen-bond donors (Lipinski definition) is 1. The third kappa shape index (κ3) is 2.93. The summed E-state index contributed by atoms with van der Waals surface area (Å²) < 4.78 is 40.2. The number of rotatable bonds is 3. The summed E-state index contributed by atoms with van der Waals surface area (Å²) in [6.07, 6.45) is 0. The van der Waals surface area contributed by atoms with Gasteiger partial charge in [-0.3, -0.25) is 4.79 Å². The number of carbonyl (C=O) groups is 1. The van der Waals surface area contributed by atoms with E-state index in [0.717, 1.165) is 24.3 Å². The summed E-state index contributed by atoms with van der Waals surface area (Å²) >= 11 is 0. The largest absolute Gasteiger partial charge is 0.351 e. The van der Waals surface area contributed by atoms with Gasteiger partial charge in [0.2, 0.25) is 0 Å². The number of para-hydroxylation sites is 1. The third-order valence-corrected chi connectivity index (χ3v) is 2.54. The van der Waals surface area contributed by atoms with Gasteiger partial charge in [-0.05, 0) is 37.3 Å². The molecule has 0 saturated heterocycles. The topological polar surface area (TPSA) is 29.1 Å². The predicted octanol–water partition coefficient (Wildman–Crippen LogP) is 4.05. The van der Waals surface area contributed by atoms with Crippen LogP contribution >= 0.6 is 0 Å². The van der Waals surface area contributed by atoms with E-state index in [4.69, 9.17) is 0 Å². The van der Waals surface area contributed by atoms with Gasteiger partial charge in [-0.25, -0.2) is 13.2 Å². The summed E-state index contributed by atoms with van der Waals surface area (Å²) in [5.74, 6) is -2.59. The minimum absolute atomic E-state index is 0.106. The SMILES string of the molecule is CC(=O)c1cc(F)cc(Nc2c(F)cccc2F)c1. The summed E-state index contributed by atoms with van der Waals surface area (Å²) in [5.41, 5.74) is -0.156. The van der Waals surface area contributed by atoms with Crippen molar-refractivity contribution >= 4 is 17.2 Å². The second-order valence-electron chi connectivity index (χ2n) is 4.01. The van der Waals surface area contributed by atoms with Gasteiger partial charge in [0.05, 0.1) is 0 Å². The number of ketones is 1. The summed E-state index contributed by atoms with van der Waals surface area (Å²) in [6, 6.07) is 6.83. The van der Waals surface area contributed by atoms with E-state index in [-0.39, 0.29) is 22.7 Å². The fraction of sp³-hybridized carbons (Fsp3) is 0.0714. The summed E-state index contributed by atoms with van der Waals surface area (Å²) in [6.45, 7) is 1.28. The van der Waals surface area contributed by atoms with Gasteiger partial charge in [-0.2, -0.15) is 0 Å². The molecule has 2 aromatic carbocycles. The fourth-order valence-electron chi connectivity index (χ4n) is 1.63.